The van der Waals surface area contributed by atoms with Crippen molar-refractivity contribution in [2.24, 2.45) is 0 Å². The van der Waals surface area contributed by atoms with E-state index in [0.717, 1.165) is 13.0 Å². The van der Waals surface area contributed by atoms with E-state index in [2.05, 4.69) is 10.6 Å². The summed E-state index contributed by atoms with van der Waals surface area (Å²) in [6.45, 7) is 0.731. The summed E-state index contributed by atoms with van der Waals surface area (Å²) in [7, 11) is -4.25. The number of aromatic carboxylic acids is 1. The summed E-state index contributed by atoms with van der Waals surface area (Å²) < 4.78 is 17.0. The Balaban J connectivity index is 1.58. The Kier molecular flexibility index (Phi) is 7.72. The molecule has 1 fully saturated rings. The van der Waals surface area contributed by atoms with Gasteiger partial charge in [-0.3, -0.25) is 19.1 Å². The zero-order chi connectivity index (χ0) is 26.9. The number of amides is 2. The number of nitrogens with zero attached hydrogens (tertiary/aromatic N) is 1. The number of carbonyl (C=O) groups is 3. The smallest absolute Gasteiger partial charge is 0.534 e. The normalized spacial score (nSPS) is 20.5. The van der Waals surface area contributed by atoms with Crippen LogP contribution >= 0.6 is 7.60 Å². The number of fused-ring (bicyclic) bond motifs is 1. The van der Waals surface area contributed by atoms with Gasteiger partial charge in [-0.2, -0.15) is 0 Å². The van der Waals surface area contributed by atoms with E-state index >= 15 is 0 Å². The standard InChI is InChI=1S/C23H27BN3O9P/c1-27-11-3-6-17(27)21(28)26-19(13-7-9-15(10-8-13)37(33,34)35)22(29)25-18-12-14-4-2-5-16(23(30)31)20(14)36-24(18)32/h2,4-5,7-10,17-19,32H,3,6,11-12H2,1H3,(H,25,29)(H,26,28)(H,30,31)(H2,33,34,35)/t17-,18+,19+/m1/s1. The van der Waals surface area contributed by atoms with Gasteiger partial charge in [0.05, 0.1) is 22.9 Å². The van der Waals surface area contributed by atoms with E-state index in [4.69, 9.17) is 4.65 Å². The molecule has 12 nitrogen and oxygen atoms in total. The first kappa shape index (κ1) is 26.8. The Morgan fingerprint density at radius 2 is 1.86 bits per heavy atom. The average Bonchev–Trinajstić information content (AvgIpc) is 3.27. The van der Waals surface area contributed by atoms with Gasteiger partial charge < -0.3 is 35.2 Å². The lowest BCUT2D eigenvalue weighted by Crippen LogP contribution is -2.56. The number of likely N-dealkylation sites (tertiary alicyclic amines) is 1. The van der Waals surface area contributed by atoms with E-state index in [-0.39, 0.29) is 34.5 Å². The number of para-hydroxylation sites is 1. The number of carboxylic acids is 1. The van der Waals surface area contributed by atoms with Gasteiger partial charge in [-0.1, -0.05) is 24.3 Å². The van der Waals surface area contributed by atoms with E-state index in [1.807, 2.05) is 4.90 Å². The number of hydrogen-bond acceptors (Lipinski definition) is 7. The number of hydrogen-bond donors (Lipinski definition) is 6. The molecule has 0 spiro atoms. The molecule has 14 heteroatoms. The second-order valence-electron chi connectivity index (χ2n) is 9.14. The topological polar surface area (TPSA) is 186 Å². The van der Waals surface area contributed by atoms with Crippen LogP contribution in [0.1, 0.15) is 40.4 Å². The van der Waals surface area contributed by atoms with Gasteiger partial charge in [-0.05, 0) is 62.2 Å². The van der Waals surface area contributed by atoms with Crippen molar-refractivity contribution < 1.29 is 43.5 Å². The van der Waals surface area contributed by atoms with Gasteiger partial charge in [0.15, 0.2) is 0 Å². The molecule has 3 atom stereocenters. The van der Waals surface area contributed by atoms with Crippen molar-refractivity contribution >= 4 is 37.8 Å². The molecule has 2 aromatic carbocycles. The van der Waals surface area contributed by atoms with Crippen molar-refractivity contribution in [1.29, 1.82) is 0 Å². The molecule has 2 aliphatic heterocycles. The first-order valence-corrected chi connectivity index (χ1v) is 13.2. The van der Waals surface area contributed by atoms with Crippen molar-refractivity contribution in [3.63, 3.8) is 0 Å². The summed E-state index contributed by atoms with van der Waals surface area (Å²) in [5.74, 6) is -3.20. The van der Waals surface area contributed by atoms with Gasteiger partial charge in [-0.15, -0.1) is 0 Å². The Labute approximate surface area is 212 Å². The largest absolute Gasteiger partial charge is 0.547 e. The first-order valence-electron chi connectivity index (χ1n) is 11.6. The van der Waals surface area contributed by atoms with Crippen LogP contribution in [0.25, 0.3) is 0 Å². The minimum atomic E-state index is -4.51. The number of benzene rings is 2. The molecule has 0 radical (unpaired) electrons. The molecule has 2 aliphatic rings. The van der Waals surface area contributed by atoms with E-state index in [0.29, 0.717) is 12.0 Å². The highest BCUT2D eigenvalue weighted by Crippen LogP contribution is 2.33. The fourth-order valence-corrected chi connectivity index (χ4v) is 5.16. The fourth-order valence-electron chi connectivity index (χ4n) is 4.62. The van der Waals surface area contributed by atoms with Gasteiger partial charge in [0.1, 0.15) is 11.8 Å². The van der Waals surface area contributed by atoms with Crippen LogP contribution in [0.15, 0.2) is 42.5 Å². The molecule has 1 saturated heterocycles. The van der Waals surface area contributed by atoms with Crippen molar-refractivity contribution in [2.45, 2.75) is 37.3 Å². The van der Waals surface area contributed by atoms with Crippen LogP contribution in [-0.2, 0) is 20.6 Å². The van der Waals surface area contributed by atoms with Crippen LogP contribution in [0.5, 0.6) is 5.75 Å². The van der Waals surface area contributed by atoms with Crippen LogP contribution in [0, 0.1) is 0 Å². The number of nitrogens with one attached hydrogen (secondary N) is 2. The zero-order valence-corrected chi connectivity index (χ0v) is 20.8. The lowest BCUT2D eigenvalue weighted by Gasteiger charge is -2.30. The van der Waals surface area contributed by atoms with Crippen LogP contribution in [0.4, 0.5) is 0 Å². The minimum Gasteiger partial charge on any atom is -0.534 e. The Hall–Kier alpha value is -3.22. The molecule has 0 aliphatic carbocycles. The first-order chi connectivity index (χ1) is 17.5. The van der Waals surface area contributed by atoms with Crippen molar-refractivity contribution in [1.82, 2.24) is 15.5 Å². The minimum absolute atomic E-state index is 0.0233. The second-order valence-corrected chi connectivity index (χ2v) is 10.7. The molecule has 196 valence electrons. The van der Waals surface area contributed by atoms with Crippen molar-refractivity contribution in [3.8, 4) is 5.75 Å². The summed E-state index contributed by atoms with van der Waals surface area (Å²) >= 11 is 0. The number of rotatable bonds is 7. The molecule has 4 rings (SSSR count). The highest BCUT2D eigenvalue weighted by atomic mass is 31.2. The molecular weight excluding hydrogens is 504 g/mol. The Morgan fingerprint density at radius 3 is 2.46 bits per heavy atom. The van der Waals surface area contributed by atoms with Gasteiger partial charge in [0.25, 0.3) is 0 Å². The molecule has 2 amide bonds. The maximum absolute atomic E-state index is 13.4. The summed E-state index contributed by atoms with van der Waals surface area (Å²) in [6, 6.07) is 7.91. The number of likely N-dealkylation sites (N-methyl/N-ethyl adjacent to an activating group) is 1. The van der Waals surface area contributed by atoms with E-state index in [1.165, 1.54) is 36.4 Å². The predicted octanol–water partition coefficient (Wildman–Crippen LogP) is -0.421. The highest BCUT2D eigenvalue weighted by molar-refractivity contribution is 7.60. The quantitative estimate of drug-likeness (QED) is 0.203. The molecule has 0 saturated carbocycles. The van der Waals surface area contributed by atoms with Crippen molar-refractivity contribution in [2.75, 3.05) is 13.6 Å². The molecular formula is C23H27BN3O9P. The van der Waals surface area contributed by atoms with E-state index in [1.54, 1.807) is 13.1 Å². The molecule has 2 heterocycles. The third-order valence-corrected chi connectivity index (χ3v) is 7.58. The molecule has 6 N–H and O–H groups in total. The molecule has 37 heavy (non-hydrogen) atoms. The summed E-state index contributed by atoms with van der Waals surface area (Å²) in [4.78, 5) is 58.6. The van der Waals surface area contributed by atoms with Crippen molar-refractivity contribution in [3.05, 3.63) is 59.2 Å². The lowest BCUT2D eigenvalue weighted by molar-refractivity contribution is -0.131. The Bertz CT molecular complexity index is 1250. The predicted molar refractivity (Wildman–Crippen MR) is 132 cm³/mol. The third-order valence-electron chi connectivity index (χ3n) is 6.61. The van der Waals surface area contributed by atoms with Gasteiger partial charge in [-0.25, -0.2) is 4.79 Å². The van der Waals surface area contributed by atoms with Crippen LogP contribution in [-0.4, -0.2) is 75.3 Å². The third kappa shape index (κ3) is 5.86. The number of carboxylic acid groups (broad SMARTS) is 1. The SMILES string of the molecule is CN1CCC[C@@H]1C(=O)N[C@H](C(=O)N[C@H]1Cc2cccc(C(=O)O)c2OB1O)c1ccc(P(=O)(O)O)cc1. The highest BCUT2D eigenvalue weighted by Gasteiger charge is 2.40. The second kappa shape index (κ2) is 10.6. The zero-order valence-electron chi connectivity index (χ0n) is 19.9. The van der Waals surface area contributed by atoms with Crippen LogP contribution in [0.2, 0.25) is 0 Å². The fraction of sp³-hybridized carbons (Fsp3) is 0.348. The molecule has 0 bridgehead atoms. The van der Waals surface area contributed by atoms with Gasteiger partial charge in [0.2, 0.25) is 11.8 Å². The molecule has 2 aromatic rings. The summed E-state index contributed by atoms with van der Waals surface area (Å²) in [5.41, 5.74) is 0.649. The van der Waals surface area contributed by atoms with E-state index in [9.17, 15) is 38.9 Å². The lowest BCUT2D eigenvalue weighted by atomic mass is 9.72. The molecule has 0 unspecified atom stereocenters. The maximum atomic E-state index is 13.4. The Morgan fingerprint density at radius 1 is 1.16 bits per heavy atom. The molecule has 0 aromatic heterocycles. The van der Waals surface area contributed by atoms with Gasteiger partial charge in [0, 0.05) is 0 Å². The monoisotopic (exact) mass is 531 g/mol. The maximum Gasteiger partial charge on any atom is 0.547 e. The number of carbonyl (C=O) groups excluding carboxylic acids is 2. The summed E-state index contributed by atoms with van der Waals surface area (Å²) in [6.07, 6.45) is 1.52. The van der Waals surface area contributed by atoms with Gasteiger partial charge >= 0.3 is 20.7 Å². The van der Waals surface area contributed by atoms with Crippen LogP contribution in [0.3, 0.4) is 0 Å². The average molecular weight is 531 g/mol. The van der Waals surface area contributed by atoms with E-state index < -0.39 is 44.6 Å². The summed E-state index contributed by atoms with van der Waals surface area (Å²) in [5, 5.41) is 25.1. The van der Waals surface area contributed by atoms with Crippen LogP contribution < -0.4 is 20.6 Å².